The molecule has 6 heteroatoms. The smallest absolute Gasteiger partial charge is 0.411 e. The molecule has 0 aromatic heterocycles. The van der Waals surface area contributed by atoms with Crippen molar-refractivity contribution in [2.75, 3.05) is 13.7 Å². The zero-order valence-electron chi connectivity index (χ0n) is 13.8. The maximum Gasteiger partial charge on any atom is 0.411 e. The number of aldehydes is 1. The van der Waals surface area contributed by atoms with Gasteiger partial charge in [-0.3, -0.25) is 4.90 Å². The van der Waals surface area contributed by atoms with Gasteiger partial charge in [-0.1, -0.05) is 11.6 Å². The molecule has 1 aliphatic rings. The molecular weight excluding hydrogens is 286 g/mol. The van der Waals surface area contributed by atoms with E-state index in [1.165, 1.54) is 12.0 Å². The molecule has 1 heterocycles. The van der Waals surface area contributed by atoms with E-state index in [0.717, 1.165) is 11.9 Å². The molecule has 0 bridgehead atoms. The Morgan fingerprint density at radius 1 is 1.41 bits per heavy atom. The Balaban J connectivity index is 2.87. The number of hydrogen-bond acceptors (Lipinski definition) is 5. The Kier molecular flexibility index (Phi) is 6.59. The van der Waals surface area contributed by atoms with Gasteiger partial charge in [0.1, 0.15) is 17.9 Å². The number of esters is 1. The Morgan fingerprint density at radius 2 is 2.09 bits per heavy atom. The van der Waals surface area contributed by atoms with Gasteiger partial charge >= 0.3 is 12.1 Å². The van der Waals surface area contributed by atoms with Crippen LogP contribution < -0.4 is 0 Å². The molecule has 0 saturated heterocycles. The van der Waals surface area contributed by atoms with Crippen LogP contribution in [0.25, 0.3) is 0 Å². The summed E-state index contributed by atoms with van der Waals surface area (Å²) in [4.78, 5) is 36.2. The molecule has 1 amide bonds. The van der Waals surface area contributed by atoms with Gasteiger partial charge in [0.15, 0.2) is 0 Å². The average molecular weight is 311 g/mol. The Labute approximate surface area is 131 Å². The highest BCUT2D eigenvalue weighted by molar-refractivity contribution is 5.82. The minimum atomic E-state index is -0.686. The van der Waals surface area contributed by atoms with Gasteiger partial charge in [-0.25, -0.2) is 9.59 Å². The lowest BCUT2D eigenvalue weighted by Gasteiger charge is -2.30. The van der Waals surface area contributed by atoms with E-state index in [0.29, 0.717) is 32.2 Å². The summed E-state index contributed by atoms with van der Waals surface area (Å²) < 4.78 is 10.2. The van der Waals surface area contributed by atoms with Crippen LogP contribution in [0.15, 0.2) is 11.6 Å². The third-order valence-corrected chi connectivity index (χ3v) is 3.36. The van der Waals surface area contributed by atoms with Crippen LogP contribution in [0.1, 0.15) is 46.5 Å². The van der Waals surface area contributed by atoms with Gasteiger partial charge in [0.2, 0.25) is 0 Å². The third kappa shape index (κ3) is 5.50. The summed E-state index contributed by atoms with van der Waals surface area (Å²) in [6.45, 7) is 5.72. The fraction of sp³-hybridized carbons (Fsp3) is 0.688. The molecule has 1 aliphatic heterocycles. The summed E-state index contributed by atoms with van der Waals surface area (Å²) in [6, 6.07) is -0.686. The van der Waals surface area contributed by atoms with Crippen LogP contribution >= 0.6 is 0 Å². The number of amides is 1. The van der Waals surface area contributed by atoms with Crippen molar-refractivity contribution in [3.05, 3.63) is 11.6 Å². The summed E-state index contributed by atoms with van der Waals surface area (Å²) in [6.07, 6.45) is 4.37. The highest BCUT2D eigenvalue weighted by Gasteiger charge is 2.34. The number of methoxy groups -OCH3 is 1. The number of hydrogen-bond donors (Lipinski definition) is 0. The molecule has 0 aliphatic carbocycles. The van der Waals surface area contributed by atoms with E-state index < -0.39 is 23.7 Å². The van der Waals surface area contributed by atoms with Crippen molar-refractivity contribution in [2.45, 2.75) is 58.1 Å². The predicted molar refractivity (Wildman–Crippen MR) is 81.4 cm³/mol. The van der Waals surface area contributed by atoms with Gasteiger partial charge < -0.3 is 14.3 Å². The molecule has 1 rings (SSSR count). The topological polar surface area (TPSA) is 72.9 Å². The second-order valence-electron chi connectivity index (χ2n) is 6.27. The van der Waals surface area contributed by atoms with Crippen molar-refractivity contribution in [2.24, 2.45) is 0 Å². The van der Waals surface area contributed by atoms with Crippen LogP contribution in [0, 0.1) is 0 Å². The standard InChI is InChI=1S/C16H25NO5/c1-16(2,3)22-15(20)17-10-9-12(6-5-11-18)7-8-13(17)14(19)21-4/h7,11,13H,5-6,8-10H2,1-4H3/t13-/m0/s1. The van der Waals surface area contributed by atoms with Crippen LogP contribution in [0.3, 0.4) is 0 Å². The zero-order chi connectivity index (χ0) is 16.8. The molecule has 124 valence electrons. The minimum absolute atomic E-state index is 0.374. The van der Waals surface area contributed by atoms with Crippen molar-refractivity contribution in [3.63, 3.8) is 0 Å². The lowest BCUT2D eigenvalue weighted by atomic mass is 10.1. The molecule has 0 radical (unpaired) electrons. The lowest BCUT2D eigenvalue weighted by molar-refractivity contribution is -0.146. The molecule has 0 N–H and O–H groups in total. The van der Waals surface area contributed by atoms with E-state index in [4.69, 9.17) is 9.47 Å². The second-order valence-corrected chi connectivity index (χ2v) is 6.27. The molecule has 0 aromatic rings. The van der Waals surface area contributed by atoms with E-state index in [9.17, 15) is 14.4 Å². The molecule has 0 unspecified atom stereocenters. The van der Waals surface area contributed by atoms with E-state index in [1.807, 2.05) is 6.08 Å². The summed E-state index contributed by atoms with van der Waals surface area (Å²) >= 11 is 0. The van der Waals surface area contributed by atoms with Crippen molar-refractivity contribution in [1.82, 2.24) is 4.90 Å². The van der Waals surface area contributed by atoms with Gasteiger partial charge in [-0.15, -0.1) is 0 Å². The minimum Gasteiger partial charge on any atom is -0.467 e. The zero-order valence-corrected chi connectivity index (χ0v) is 13.8. The normalized spacial score (nSPS) is 19.0. The molecule has 0 aromatic carbocycles. The first-order chi connectivity index (χ1) is 10.3. The van der Waals surface area contributed by atoms with E-state index >= 15 is 0 Å². The molecule has 1 atom stereocenters. The fourth-order valence-electron chi connectivity index (χ4n) is 2.30. The summed E-state index contributed by atoms with van der Waals surface area (Å²) in [5, 5.41) is 0. The average Bonchev–Trinajstić information content (AvgIpc) is 2.65. The lowest BCUT2D eigenvalue weighted by Crippen LogP contribution is -2.47. The Bertz CT molecular complexity index is 450. The highest BCUT2D eigenvalue weighted by atomic mass is 16.6. The first kappa shape index (κ1) is 18.2. The van der Waals surface area contributed by atoms with Crippen molar-refractivity contribution in [3.8, 4) is 0 Å². The monoisotopic (exact) mass is 311 g/mol. The maximum absolute atomic E-state index is 12.3. The summed E-state index contributed by atoms with van der Waals surface area (Å²) in [5.41, 5.74) is 0.449. The molecule has 0 spiro atoms. The van der Waals surface area contributed by atoms with Crippen molar-refractivity contribution in [1.29, 1.82) is 0 Å². The van der Waals surface area contributed by atoms with Crippen LogP contribution in [-0.4, -0.2) is 48.5 Å². The number of ether oxygens (including phenoxy) is 2. The van der Waals surface area contributed by atoms with Crippen LogP contribution in [0.2, 0.25) is 0 Å². The number of carbonyl (C=O) groups excluding carboxylic acids is 3. The van der Waals surface area contributed by atoms with Crippen molar-refractivity contribution >= 4 is 18.3 Å². The van der Waals surface area contributed by atoms with E-state index in [-0.39, 0.29) is 0 Å². The number of nitrogens with zero attached hydrogens (tertiary/aromatic N) is 1. The largest absolute Gasteiger partial charge is 0.467 e. The number of rotatable bonds is 4. The maximum atomic E-state index is 12.3. The highest BCUT2D eigenvalue weighted by Crippen LogP contribution is 2.22. The van der Waals surface area contributed by atoms with Gasteiger partial charge in [-0.2, -0.15) is 0 Å². The molecule has 22 heavy (non-hydrogen) atoms. The summed E-state index contributed by atoms with van der Waals surface area (Å²) in [5.74, 6) is -0.459. The van der Waals surface area contributed by atoms with Crippen molar-refractivity contribution < 1.29 is 23.9 Å². The van der Waals surface area contributed by atoms with Crippen LogP contribution in [-0.2, 0) is 19.1 Å². The van der Waals surface area contributed by atoms with Gasteiger partial charge in [0, 0.05) is 13.0 Å². The predicted octanol–water partition coefficient (Wildman–Crippen LogP) is 2.46. The first-order valence-corrected chi connectivity index (χ1v) is 7.47. The molecule has 6 nitrogen and oxygen atoms in total. The Hall–Kier alpha value is -1.85. The SMILES string of the molecule is COC(=O)[C@@H]1CC=C(CCC=O)CCN1C(=O)OC(C)(C)C. The van der Waals surface area contributed by atoms with Gasteiger partial charge in [0.25, 0.3) is 0 Å². The molecular formula is C16H25NO5. The van der Waals surface area contributed by atoms with Crippen LogP contribution in [0.5, 0.6) is 0 Å². The fourth-order valence-corrected chi connectivity index (χ4v) is 2.30. The van der Waals surface area contributed by atoms with E-state index in [1.54, 1.807) is 20.8 Å². The third-order valence-electron chi connectivity index (χ3n) is 3.36. The van der Waals surface area contributed by atoms with E-state index in [2.05, 4.69) is 0 Å². The van der Waals surface area contributed by atoms with Gasteiger partial charge in [-0.05, 0) is 40.0 Å². The second kappa shape index (κ2) is 7.96. The number of carbonyl (C=O) groups is 3. The van der Waals surface area contributed by atoms with Gasteiger partial charge in [0.05, 0.1) is 7.11 Å². The quantitative estimate of drug-likeness (QED) is 0.453. The summed E-state index contributed by atoms with van der Waals surface area (Å²) in [7, 11) is 1.30. The van der Waals surface area contributed by atoms with Crippen LogP contribution in [0.4, 0.5) is 4.79 Å². The first-order valence-electron chi connectivity index (χ1n) is 7.47. The Morgan fingerprint density at radius 3 is 2.64 bits per heavy atom. The molecule has 0 fully saturated rings. The molecule has 0 saturated carbocycles.